The lowest BCUT2D eigenvalue weighted by molar-refractivity contribution is -0.0491. The van der Waals surface area contributed by atoms with E-state index in [-0.39, 0.29) is 23.3 Å². The summed E-state index contributed by atoms with van der Waals surface area (Å²) in [6.07, 6.45) is 6.97. The minimum absolute atomic E-state index is 0.0385. The number of carbonyl (C=O) groups excluding carboxylic acids is 1. The summed E-state index contributed by atoms with van der Waals surface area (Å²) in [5.74, 6) is 0.498. The number of aliphatic imine (C=N–C) groups is 1. The maximum absolute atomic E-state index is 13.2. The number of carbonyl (C=O) groups is 1. The fourth-order valence-electron chi connectivity index (χ4n) is 5.06. The van der Waals surface area contributed by atoms with Crippen molar-refractivity contribution in [2.45, 2.75) is 25.9 Å². The average molecular weight is 470 g/mol. The Kier molecular flexibility index (Phi) is 5.66. The smallest absolute Gasteiger partial charge is 0.300 e. The molecule has 174 valence electrons. The first kappa shape index (κ1) is 22.0. The second-order valence-corrected chi connectivity index (χ2v) is 9.73. The number of amides is 1. The third-order valence-electron chi connectivity index (χ3n) is 6.80. The van der Waals surface area contributed by atoms with Crippen LogP contribution in [0.1, 0.15) is 30.1 Å². The van der Waals surface area contributed by atoms with Crippen LogP contribution in [0.25, 0.3) is 0 Å². The Hall–Kier alpha value is -2.84. The van der Waals surface area contributed by atoms with Crippen LogP contribution in [0.15, 0.2) is 47.2 Å². The van der Waals surface area contributed by atoms with Crippen LogP contribution < -0.4 is 4.90 Å². The largest absolute Gasteiger partial charge is 0.422 e. The van der Waals surface area contributed by atoms with Gasteiger partial charge in [-0.1, -0.05) is 23.8 Å². The predicted octanol–water partition coefficient (Wildman–Crippen LogP) is 2.88. The van der Waals surface area contributed by atoms with Gasteiger partial charge in [0.25, 0.3) is 11.9 Å². The molecule has 0 unspecified atom stereocenters. The van der Waals surface area contributed by atoms with Crippen LogP contribution in [0, 0.1) is 10.8 Å². The molecule has 8 nitrogen and oxygen atoms in total. The average Bonchev–Trinajstić information content (AvgIpc) is 3.13. The number of rotatable bonds is 3. The molecule has 4 aliphatic rings. The van der Waals surface area contributed by atoms with Crippen molar-refractivity contribution in [2.75, 3.05) is 44.2 Å². The molecule has 5 rings (SSSR count). The number of piperazine rings is 1. The van der Waals surface area contributed by atoms with Crippen LogP contribution in [0.5, 0.6) is 0 Å². The molecular formula is C24H28ClN5O3. The van der Waals surface area contributed by atoms with E-state index < -0.39 is 0 Å². The number of aliphatic hydroxyl groups excluding tert-OH is 1. The minimum atomic E-state index is -0.163. The van der Waals surface area contributed by atoms with Gasteiger partial charge in [-0.2, -0.15) is 4.99 Å². The number of anilines is 1. The summed E-state index contributed by atoms with van der Waals surface area (Å²) in [4.78, 5) is 23.4. The van der Waals surface area contributed by atoms with Crippen LogP contribution in [0.3, 0.4) is 0 Å². The van der Waals surface area contributed by atoms with Gasteiger partial charge in [0.2, 0.25) is 0 Å². The van der Waals surface area contributed by atoms with E-state index in [0.717, 1.165) is 31.6 Å². The standard InChI is InChI=1S/C24H28ClN5O3/c1-2-3-4-20-21(26)27-23(33-20)29-7-5-28(6-8-29)22(32)16-9-17(25)11-18(10-16)30-14-24(15-30)12-19(31)13-24/h2-4,9-11,19,26,31H,5-8,12-15H2,1H3/b3-2+,20-4+,26-21?. The zero-order valence-electron chi connectivity index (χ0n) is 18.6. The lowest BCUT2D eigenvalue weighted by atomic mass is 9.62. The van der Waals surface area contributed by atoms with Gasteiger partial charge in [-0.3, -0.25) is 10.2 Å². The molecule has 1 amide bonds. The Balaban J connectivity index is 1.20. The van der Waals surface area contributed by atoms with Crippen molar-refractivity contribution in [1.82, 2.24) is 9.80 Å². The van der Waals surface area contributed by atoms with E-state index in [9.17, 15) is 9.90 Å². The van der Waals surface area contributed by atoms with E-state index in [2.05, 4.69) is 9.89 Å². The molecule has 0 aromatic heterocycles. The third-order valence-corrected chi connectivity index (χ3v) is 7.02. The van der Waals surface area contributed by atoms with Gasteiger partial charge in [-0.15, -0.1) is 0 Å². The Morgan fingerprint density at radius 3 is 2.61 bits per heavy atom. The number of halogens is 1. The molecule has 0 bridgehead atoms. The second-order valence-electron chi connectivity index (χ2n) is 9.30. The molecule has 9 heteroatoms. The first-order valence-electron chi connectivity index (χ1n) is 11.3. The SMILES string of the molecule is C/C=C/C=C1/OC(N2CCN(C(=O)c3cc(Cl)cc(N4CC5(CC(O)C5)C4)c3)CC2)=NC1=N. The summed E-state index contributed by atoms with van der Waals surface area (Å²) in [5, 5.41) is 18.2. The molecule has 33 heavy (non-hydrogen) atoms. The van der Waals surface area contributed by atoms with Gasteiger partial charge in [0.15, 0.2) is 11.6 Å². The van der Waals surface area contributed by atoms with Crippen molar-refractivity contribution < 1.29 is 14.6 Å². The van der Waals surface area contributed by atoms with Crippen LogP contribution >= 0.6 is 11.6 Å². The Morgan fingerprint density at radius 1 is 1.21 bits per heavy atom. The molecule has 1 aromatic carbocycles. The number of aliphatic hydroxyl groups is 1. The lowest BCUT2D eigenvalue weighted by Crippen LogP contribution is -2.63. The summed E-state index contributed by atoms with van der Waals surface area (Å²) in [6, 6.07) is 5.97. The summed E-state index contributed by atoms with van der Waals surface area (Å²) in [5.41, 5.74) is 1.79. The Morgan fingerprint density at radius 2 is 1.94 bits per heavy atom. The minimum Gasteiger partial charge on any atom is -0.422 e. The first-order chi connectivity index (χ1) is 15.9. The van der Waals surface area contributed by atoms with Gasteiger partial charge in [-0.25, -0.2) is 0 Å². The predicted molar refractivity (Wildman–Crippen MR) is 128 cm³/mol. The molecule has 3 fully saturated rings. The molecule has 1 saturated carbocycles. The number of allylic oxidation sites excluding steroid dienone is 3. The molecule has 3 aliphatic heterocycles. The normalized spacial score (nSPS) is 23.7. The zero-order valence-corrected chi connectivity index (χ0v) is 19.4. The summed E-state index contributed by atoms with van der Waals surface area (Å²) in [6.45, 7) is 5.94. The van der Waals surface area contributed by atoms with Crippen molar-refractivity contribution in [2.24, 2.45) is 10.4 Å². The Bertz CT molecular complexity index is 1060. The van der Waals surface area contributed by atoms with E-state index in [1.54, 1.807) is 12.1 Å². The quantitative estimate of drug-likeness (QED) is 0.710. The Labute approximate surface area is 198 Å². The topological polar surface area (TPSA) is 92.5 Å². The van der Waals surface area contributed by atoms with E-state index in [1.807, 2.05) is 41.0 Å². The molecule has 0 radical (unpaired) electrons. The van der Waals surface area contributed by atoms with Gasteiger partial charge >= 0.3 is 0 Å². The molecule has 3 heterocycles. The number of benzene rings is 1. The molecule has 1 spiro atoms. The van der Waals surface area contributed by atoms with Gasteiger partial charge in [-0.05, 0) is 44.0 Å². The van der Waals surface area contributed by atoms with E-state index in [0.29, 0.717) is 48.5 Å². The van der Waals surface area contributed by atoms with Gasteiger partial charge in [0, 0.05) is 61.0 Å². The molecule has 1 aromatic rings. The van der Waals surface area contributed by atoms with E-state index in [4.69, 9.17) is 21.7 Å². The summed E-state index contributed by atoms with van der Waals surface area (Å²) in [7, 11) is 0. The fraction of sp³-hybridized carbons (Fsp3) is 0.458. The van der Waals surface area contributed by atoms with E-state index in [1.165, 1.54) is 0 Å². The van der Waals surface area contributed by atoms with Crippen LogP contribution in [-0.2, 0) is 4.74 Å². The number of amidine groups is 2. The third kappa shape index (κ3) is 4.25. The molecule has 0 atom stereocenters. The molecule has 2 saturated heterocycles. The van der Waals surface area contributed by atoms with Crippen molar-refractivity contribution in [3.63, 3.8) is 0 Å². The lowest BCUT2D eigenvalue weighted by Gasteiger charge is -2.58. The van der Waals surface area contributed by atoms with Crippen LogP contribution in [0.2, 0.25) is 5.02 Å². The fourth-order valence-corrected chi connectivity index (χ4v) is 5.29. The maximum atomic E-state index is 13.2. The second kappa shape index (κ2) is 8.50. The van der Waals surface area contributed by atoms with Crippen molar-refractivity contribution in [1.29, 1.82) is 5.41 Å². The van der Waals surface area contributed by atoms with Gasteiger partial charge < -0.3 is 24.5 Å². The van der Waals surface area contributed by atoms with Gasteiger partial charge in [0.1, 0.15) is 0 Å². The van der Waals surface area contributed by atoms with Crippen molar-refractivity contribution in [3.05, 3.63) is 52.8 Å². The monoisotopic (exact) mass is 469 g/mol. The number of ether oxygens (including phenoxy) is 1. The maximum Gasteiger partial charge on any atom is 0.300 e. The number of hydrogen-bond donors (Lipinski definition) is 2. The highest BCUT2D eigenvalue weighted by atomic mass is 35.5. The van der Waals surface area contributed by atoms with Crippen LogP contribution in [-0.4, -0.2) is 78.0 Å². The molecule has 2 N–H and O–H groups in total. The molecular weight excluding hydrogens is 442 g/mol. The zero-order chi connectivity index (χ0) is 23.2. The highest BCUT2D eigenvalue weighted by Gasteiger charge is 2.52. The highest BCUT2D eigenvalue weighted by Crippen LogP contribution is 2.49. The summed E-state index contributed by atoms with van der Waals surface area (Å²) >= 11 is 6.36. The molecule has 1 aliphatic carbocycles. The first-order valence-corrected chi connectivity index (χ1v) is 11.7. The number of nitrogens with zero attached hydrogens (tertiary/aromatic N) is 4. The van der Waals surface area contributed by atoms with Crippen molar-refractivity contribution >= 4 is 35.1 Å². The van der Waals surface area contributed by atoms with Gasteiger partial charge in [0.05, 0.1) is 6.10 Å². The number of hydrogen-bond acceptors (Lipinski definition) is 6. The van der Waals surface area contributed by atoms with Crippen molar-refractivity contribution in [3.8, 4) is 0 Å². The van der Waals surface area contributed by atoms with E-state index >= 15 is 0 Å². The summed E-state index contributed by atoms with van der Waals surface area (Å²) < 4.78 is 5.73. The van der Waals surface area contributed by atoms with Crippen LogP contribution in [0.4, 0.5) is 5.69 Å². The number of nitrogens with one attached hydrogen (secondary N) is 1. The highest BCUT2D eigenvalue weighted by molar-refractivity contribution is 6.31.